The third-order valence-electron chi connectivity index (χ3n) is 7.70. The number of anilines is 1. The smallest absolute Gasteiger partial charge is 0.259 e. The fraction of sp³-hybridized carbons (Fsp3) is 0.667. The highest BCUT2D eigenvalue weighted by molar-refractivity contribution is 5.98. The highest BCUT2D eigenvalue weighted by Crippen LogP contribution is 2.27. The van der Waals surface area contributed by atoms with Crippen molar-refractivity contribution in [2.75, 3.05) is 25.0 Å². The Hall–Kier alpha value is -2.98. The summed E-state index contributed by atoms with van der Waals surface area (Å²) in [5, 5.41) is 19.8. The lowest BCUT2D eigenvalue weighted by molar-refractivity contribution is -0.127. The van der Waals surface area contributed by atoms with E-state index < -0.39 is 0 Å². The summed E-state index contributed by atoms with van der Waals surface area (Å²) >= 11 is 0. The molecule has 2 aliphatic rings. The van der Waals surface area contributed by atoms with E-state index in [9.17, 15) is 14.7 Å². The number of piperidine rings is 1. The highest BCUT2D eigenvalue weighted by atomic mass is 16.3. The van der Waals surface area contributed by atoms with Gasteiger partial charge in [-0.3, -0.25) is 9.59 Å². The number of hydrogen-bond acceptors (Lipinski definition) is 8. The van der Waals surface area contributed by atoms with Gasteiger partial charge in [0.15, 0.2) is 0 Å². The van der Waals surface area contributed by atoms with Crippen molar-refractivity contribution in [2.24, 2.45) is 11.8 Å². The number of nitrogens with zero attached hydrogens (tertiary/aromatic N) is 3. The minimum absolute atomic E-state index is 0.0525. The molecule has 10 heteroatoms. The van der Waals surface area contributed by atoms with Gasteiger partial charge < -0.3 is 30.4 Å². The van der Waals surface area contributed by atoms with E-state index in [0.29, 0.717) is 75.5 Å². The molecule has 2 aromatic rings. The van der Waals surface area contributed by atoms with Crippen molar-refractivity contribution in [3.8, 4) is 0 Å². The fourth-order valence-corrected chi connectivity index (χ4v) is 5.49. The van der Waals surface area contributed by atoms with Gasteiger partial charge in [-0.1, -0.05) is 34.6 Å². The molecule has 1 saturated carbocycles. The van der Waals surface area contributed by atoms with Crippen LogP contribution in [0.3, 0.4) is 0 Å². The SMILES string of the molecule is CC(C)CN(C(=O)c1cnc(C(C)(C)C)nc1NCc1ccco1)[C@@H]1CNC[C@H](NC(=O)C2CCC(O)CC2)C1. The molecular weight excluding hydrogens is 508 g/mol. The quantitative estimate of drug-likeness (QED) is 0.370. The van der Waals surface area contributed by atoms with Gasteiger partial charge in [-0.25, -0.2) is 9.97 Å². The molecule has 220 valence electrons. The molecule has 1 saturated heterocycles. The Bertz CT molecular complexity index is 1120. The largest absolute Gasteiger partial charge is 0.467 e. The first-order valence-corrected chi connectivity index (χ1v) is 14.6. The number of aromatic nitrogens is 2. The summed E-state index contributed by atoms with van der Waals surface area (Å²) < 4.78 is 5.48. The van der Waals surface area contributed by atoms with Crippen molar-refractivity contribution in [1.29, 1.82) is 0 Å². The van der Waals surface area contributed by atoms with E-state index in [1.165, 1.54) is 0 Å². The van der Waals surface area contributed by atoms with Crippen LogP contribution in [0.5, 0.6) is 0 Å². The minimum atomic E-state index is -0.291. The molecule has 0 radical (unpaired) electrons. The van der Waals surface area contributed by atoms with Crippen LogP contribution in [0.4, 0.5) is 5.82 Å². The lowest BCUT2D eigenvalue weighted by Crippen LogP contribution is -2.58. The number of carbonyl (C=O) groups is 2. The number of carbonyl (C=O) groups excluding carboxylic acids is 2. The Balaban J connectivity index is 1.52. The zero-order chi connectivity index (χ0) is 28.9. The van der Waals surface area contributed by atoms with Crippen molar-refractivity contribution < 1.29 is 19.1 Å². The molecule has 1 aliphatic heterocycles. The van der Waals surface area contributed by atoms with Gasteiger partial charge in [-0.15, -0.1) is 0 Å². The Morgan fingerprint density at radius 1 is 1.20 bits per heavy atom. The third-order valence-corrected chi connectivity index (χ3v) is 7.70. The van der Waals surface area contributed by atoms with Gasteiger partial charge in [0.05, 0.1) is 18.9 Å². The fourth-order valence-electron chi connectivity index (χ4n) is 5.49. The normalized spacial score (nSPS) is 23.6. The molecule has 3 heterocycles. The number of aliphatic hydroxyl groups excluding tert-OH is 1. The molecule has 4 N–H and O–H groups in total. The van der Waals surface area contributed by atoms with Crippen LogP contribution in [0, 0.1) is 11.8 Å². The van der Waals surface area contributed by atoms with Gasteiger partial charge >= 0.3 is 0 Å². The molecule has 0 aromatic carbocycles. The van der Waals surface area contributed by atoms with Gasteiger partial charge in [-0.05, 0) is 50.2 Å². The van der Waals surface area contributed by atoms with Gasteiger partial charge in [0, 0.05) is 49.2 Å². The molecule has 4 rings (SSSR count). The van der Waals surface area contributed by atoms with Gasteiger partial charge in [0.1, 0.15) is 23.0 Å². The molecule has 2 fully saturated rings. The summed E-state index contributed by atoms with van der Waals surface area (Å²) in [6.07, 6.45) is 6.42. The van der Waals surface area contributed by atoms with Crippen molar-refractivity contribution >= 4 is 17.6 Å². The van der Waals surface area contributed by atoms with Crippen LogP contribution in [0.2, 0.25) is 0 Å². The molecule has 10 nitrogen and oxygen atoms in total. The summed E-state index contributed by atoms with van der Waals surface area (Å²) in [6.45, 7) is 12.6. The van der Waals surface area contributed by atoms with Crippen LogP contribution >= 0.6 is 0 Å². The average Bonchev–Trinajstić information content (AvgIpc) is 3.44. The van der Waals surface area contributed by atoms with E-state index in [1.807, 2.05) is 37.8 Å². The van der Waals surface area contributed by atoms with Gasteiger partial charge in [-0.2, -0.15) is 0 Å². The minimum Gasteiger partial charge on any atom is -0.467 e. The number of amides is 2. The lowest BCUT2D eigenvalue weighted by Gasteiger charge is -2.39. The number of nitrogens with one attached hydrogen (secondary N) is 3. The Labute approximate surface area is 237 Å². The monoisotopic (exact) mass is 554 g/mol. The molecule has 0 bridgehead atoms. The zero-order valence-electron chi connectivity index (χ0n) is 24.6. The maximum atomic E-state index is 14.2. The summed E-state index contributed by atoms with van der Waals surface area (Å²) in [4.78, 5) is 38.4. The van der Waals surface area contributed by atoms with E-state index in [0.717, 1.165) is 5.76 Å². The van der Waals surface area contributed by atoms with Crippen LogP contribution in [0.15, 0.2) is 29.0 Å². The molecule has 1 aliphatic carbocycles. The maximum absolute atomic E-state index is 14.2. The standard InChI is InChI=1S/C30H46N6O4/c1-19(2)18-36(22-13-21(14-31-15-22)34-27(38)20-8-10-23(37)11-9-20)28(39)25-17-33-29(30(3,4)5)35-26(25)32-16-24-7-6-12-40-24/h6-7,12,17,19-23,31,37H,8-11,13-16,18H2,1-5H3,(H,34,38)(H,32,33,35)/t20?,21-,22+,23?/m1/s1. The van der Waals surface area contributed by atoms with Crippen molar-refractivity contribution in [2.45, 2.75) is 96.9 Å². The Morgan fingerprint density at radius 2 is 1.95 bits per heavy atom. The Kier molecular flexibility index (Phi) is 9.84. The van der Waals surface area contributed by atoms with E-state index >= 15 is 0 Å². The number of aliphatic hydroxyl groups is 1. The molecule has 40 heavy (non-hydrogen) atoms. The highest BCUT2D eigenvalue weighted by Gasteiger charge is 2.34. The first-order chi connectivity index (χ1) is 19.0. The molecule has 2 atom stereocenters. The lowest BCUT2D eigenvalue weighted by atomic mass is 9.86. The predicted molar refractivity (Wildman–Crippen MR) is 154 cm³/mol. The molecule has 0 unspecified atom stereocenters. The third kappa shape index (κ3) is 7.81. The average molecular weight is 555 g/mol. The summed E-state index contributed by atoms with van der Waals surface area (Å²) in [5.41, 5.74) is 0.141. The first-order valence-electron chi connectivity index (χ1n) is 14.6. The van der Waals surface area contributed by atoms with Crippen LogP contribution in [0.25, 0.3) is 0 Å². The molecular formula is C30H46N6O4. The maximum Gasteiger partial charge on any atom is 0.259 e. The second kappa shape index (κ2) is 13.1. The van der Waals surface area contributed by atoms with Gasteiger partial charge in [0.25, 0.3) is 5.91 Å². The molecule has 2 aromatic heterocycles. The topological polar surface area (TPSA) is 133 Å². The zero-order valence-corrected chi connectivity index (χ0v) is 24.6. The number of furan rings is 1. The molecule has 2 amide bonds. The van der Waals surface area contributed by atoms with E-state index in [4.69, 9.17) is 9.40 Å². The number of rotatable bonds is 9. The summed E-state index contributed by atoms with van der Waals surface area (Å²) in [5.74, 6) is 2.01. The van der Waals surface area contributed by atoms with E-state index in [2.05, 4.69) is 34.8 Å². The van der Waals surface area contributed by atoms with Crippen molar-refractivity contribution in [3.63, 3.8) is 0 Å². The summed E-state index contributed by atoms with van der Waals surface area (Å²) in [7, 11) is 0. The number of hydrogen-bond donors (Lipinski definition) is 4. The predicted octanol–water partition coefficient (Wildman–Crippen LogP) is 3.48. The second-order valence-electron chi connectivity index (χ2n) is 12.7. The second-order valence-corrected chi connectivity index (χ2v) is 12.7. The van der Waals surface area contributed by atoms with Gasteiger partial charge in [0.2, 0.25) is 5.91 Å². The van der Waals surface area contributed by atoms with Crippen LogP contribution in [-0.2, 0) is 16.8 Å². The van der Waals surface area contributed by atoms with E-state index in [1.54, 1.807) is 12.5 Å². The van der Waals surface area contributed by atoms with Crippen molar-refractivity contribution in [1.82, 2.24) is 25.5 Å². The molecule has 0 spiro atoms. The van der Waals surface area contributed by atoms with E-state index in [-0.39, 0.29) is 47.3 Å². The van der Waals surface area contributed by atoms with Crippen LogP contribution < -0.4 is 16.0 Å². The van der Waals surface area contributed by atoms with Crippen LogP contribution in [-0.4, -0.2) is 69.6 Å². The van der Waals surface area contributed by atoms with Crippen molar-refractivity contribution in [3.05, 3.63) is 41.7 Å². The van der Waals surface area contributed by atoms with Crippen LogP contribution in [0.1, 0.15) is 88.7 Å². The Morgan fingerprint density at radius 3 is 2.60 bits per heavy atom. The summed E-state index contributed by atoms with van der Waals surface area (Å²) in [6, 6.07) is 3.54. The first kappa shape index (κ1) is 30.0.